The molecular formula is C19H20FNO4S2. The lowest BCUT2D eigenvalue weighted by atomic mass is 10.0. The van der Waals surface area contributed by atoms with Crippen molar-refractivity contribution in [1.82, 2.24) is 4.31 Å². The van der Waals surface area contributed by atoms with Crippen molar-refractivity contribution in [2.45, 2.75) is 29.5 Å². The van der Waals surface area contributed by atoms with Crippen LogP contribution < -0.4 is 0 Å². The number of rotatable bonds is 4. The van der Waals surface area contributed by atoms with Gasteiger partial charge >= 0.3 is 5.97 Å². The molecule has 1 unspecified atom stereocenters. The first-order chi connectivity index (χ1) is 12.6. The second kappa shape index (κ2) is 7.26. The van der Waals surface area contributed by atoms with Crippen LogP contribution in [-0.2, 0) is 14.8 Å². The topological polar surface area (TPSA) is 74.7 Å². The summed E-state index contributed by atoms with van der Waals surface area (Å²) in [5.41, 5.74) is 1.32. The minimum absolute atomic E-state index is 0.0246. The number of nitrogens with zero attached hydrogens (tertiary/aromatic N) is 1. The molecule has 1 heterocycles. The Hall–Kier alpha value is -1.90. The van der Waals surface area contributed by atoms with Crippen LogP contribution in [0.5, 0.6) is 0 Å². The number of aliphatic carboxylic acids is 1. The van der Waals surface area contributed by atoms with Crippen molar-refractivity contribution in [1.29, 1.82) is 0 Å². The molecule has 1 atom stereocenters. The molecule has 0 saturated carbocycles. The molecule has 1 aliphatic rings. The molecule has 1 aliphatic heterocycles. The average Bonchev–Trinajstić information content (AvgIpc) is 2.60. The molecule has 1 fully saturated rings. The Balaban J connectivity index is 1.96. The van der Waals surface area contributed by atoms with Crippen molar-refractivity contribution in [2.75, 3.05) is 12.3 Å². The Kier molecular flexibility index (Phi) is 5.33. The highest BCUT2D eigenvalue weighted by atomic mass is 32.2. The highest BCUT2D eigenvalue weighted by molar-refractivity contribution is 8.00. The summed E-state index contributed by atoms with van der Waals surface area (Å²) < 4.78 is 39.9. The van der Waals surface area contributed by atoms with Crippen LogP contribution in [-0.4, -0.2) is 46.9 Å². The number of carboxylic acids is 1. The number of carboxylic acid groups (broad SMARTS) is 1. The predicted octanol–water partition coefficient (Wildman–Crippen LogP) is 3.46. The number of hydrogen-bond acceptors (Lipinski definition) is 4. The number of thioether (sulfide) groups is 1. The summed E-state index contributed by atoms with van der Waals surface area (Å²) >= 11 is 1.45. The van der Waals surface area contributed by atoms with Crippen molar-refractivity contribution in [3.8, 4) is 11.1 Å². The number of hydrogen-bond donors (Lipinski definition) is 1. The van der Waals surface area contributed by atoms with Crippen LogP contribution in [0.25, 0.3) is 11.1 Å². The maximum atomic E-state index is 13.4. The van der Waals surface area contributed by atoms with Crippen LogP contribution in [0, 0.1) is 5.82 Å². The van der Waals surface area contributed by atoms with Gasteiger partial charge in [0.2, 0.25) is 10.0 Å². The highest BCUT2D eigenvalue weighted by Gasteiger charge is 2.48. The summed E-state index contributed by atoms with van der Waals surface area (Å²) in [5, 5.41) is 9.62. The third kappa shape index (κ3) is 3.88. The predicted molar refractivity (Wildman–Crippen MR) is 104 cm³/mol. The first-order valence-corrected chi connectivity index (χ1v) is 10.8. The molecule has 1 saturated heterocycles. The van der Waals surface area contributed by atoms with E-state index in [1.54, 1.807) is 38.1 Å². The summed E-state index contributed by atoms with van der Waals surface area (Å²) in [6.45, 7) is 3.62. The van der Waals surface area contributed by atoms with Gasteiger partial charge < -0.3 is 5.11 Å². The number of carbonyl (C=O) groups is 1. The van der Waals surface area contributed by atoms with E-state index in [1.165, 1.54) is 36.0 Å². The zero-order valence-corrected chi connectivity index (χ0v) is 16.6. The molecule has 0 amide bonds. The van der Waals surface area contributed by atoms with Crippen LogP contribution in [0.3, 0.4) is 0 Å². The normalized spacial score (nSPS) is 20.3. The molecule has 27 heavy (non-hydrogen) atoms. The summed E-state index contributed by atoms with van der Waals surface area (Å²) in [5.74, 6) is -1.01. The van der Waals surface area contributed by atoms with E-state index in [0.29, 0.717) is 16.9 Å². The fourth-order valence-corrected chi connectivity index (χ4v) is 6.35. The van der Waals surface area contributed by atoms with Gasteiger partial charge in [-0.2, -0.15) is 16.1 Å². The molecule has 144 valence electrons. The Morgan fingerprint density at radius 1 is 1.19 bits per heavy atom. The second-order valence-electron chi connectivity index (χ2n) is 6.84. The van der Waals surface area contributed by atoms with Gasteiger partial charge in [0.1, 0.15) is 11.9 Å². The highest BCUT2D eigenvalue weighted by Crippen LogP contribution is 2.38. The maximum absolute atomic E-state index is 13.4. The Bertz CT molecular complexity index is 958. The molecule has 2 aromatic rings. The van der Waals surface area contributed by atoms with E-state index in [-0.39, 0.29) is 17.3 Å². The molecule has 2 aromatic carbocycles. The van der Waals surface area contributed by atoms with Crippen molar-refractivity contribution in [2.24, 2.45) is 0 Å². The number of sulfonamides is 1. The minimum atomic E-state index is -3.97. The maximum Gasteiger partial charge on any atom is 0.323 e. The van der Waals surface area contributed by atoms with Crippen LogP contribution in [0.4, 0.5) is 4.39 Å². The Morgan fingerprint density at radius 2 is 1.85 bits per heavy atom. The van der Waals surface area contributed by atoms with Gasteiger partial charge in [0.05, 0.1) is 4.90 Å². The lowest BCUT2D eigenvalue weighted by Crippen LogP contribution is -2.58. The molecule has 0 spiro atoms. The third-order valence-electron chi connectivity index (χ3n) is 4.59. The van der Waals surface area contributed by atoms with Crippen LogP contribution >= 0.6 is 11.8 Å². The van der Waals surface area contributed by atoms with Gasteiger partial charge in [-0.15, -0.1) is 0 Å². The van der Waals surface area contributed by atoms with E-state index in [4.69, 9.17) is 0 Å². The number of benzene rings is 2. The summed E-state index contributed by atoms with van der Waals surface area (Å²) in [6.07, 6.45) is 0. The zero-order chi connectivity index (χ0) is 19.8. The molecule has 0 aliphatic carbocycles. The lowest BCUT2D eigenvalue weighted by molar-refractivity contribution is -0.142. The zero-order valence-electron chi connectivity index (χ0n) is 14.9. The van der Waals surface area contributed by atoms with Crippen molar-refractivity contribution in [3.05, 3.63) is 54.3 Å². The summed E-state index contributed by atoms with van der Waals surface area (Å²) in [7, 11) is -3.97. The molecule has 3 rings (SSSR count). The van der Waals surface area contributed by atoms with E-state index in [0.717, 1.165) is 4.31 Å². The number of halogens is 1. The standard InChI is InChI=1S/C19H20FNO4S2/c1-19(2)17(18(22)23)21(10-11-26-19)27(24,25)16-8-6-13(7-9-16)14-4-3-5-15(20)12-14/h3-9,12,17H,10-11H2,1-2H3,(H,22,23). The van der Waals surface area contributed by atoms with E-state index in [1.807, 2.05) is 0 Å². The fraction of sp³-hybridized carbons (Fsp3) is 0.316. The Morgan fingerprint density at radius 3 is 2.44 bits per heavy atom. The molecule has 0 bridgehead atoms. The molecule has 8 heteroatoms. The van der Waals surface area contributed by atoms with Gasteiger partial charge in [0.15, 0.2) is 0 Å². The first-order valence-electron chi connectivity index (χ1n) is 8.37. The molecule has 5 nitrogen and oxygen atoms in total. The second-order valence-corrected chi connectivity index (χ2v) is 10.5. The molecule has 0 radical (unpaired) electrons. The van der Waals surface area contributed by atoms with Crippen LogP contribution in [0.2, 0.25) is 0 Å². The largest absolute Gasteiger partial charge is 0.480 e. The lowest BCUT2D eigenvalue weighted by Gasteiger charge is -2.42. The molecular weight excluding hydrogens is 389 g/mol. The van der Waals surface area contributed by atoms with Gasteiger partial charge in [-0.1, -0.05) is 24.3 Å². The fourth-order valence-electron chi connectivity index (χ4n) is 3.26. The van der Waals surface area contributed by atoms with E-state index < -0.39 is 26.8 Å². The summed E-state index contributed by atoms with van der Waals surface area (Å²) in [4.78, 5) is 11.8. The monoisotopic (exact) mass is 409 g/mol. The van der Waals surface area contributed by atoms with Crippen LogP contribution in [0.15, 0.2) is 53.4 Å². The van der Waals surface area contributed by atoms with Gasteiger partial charge in [0, 0.05) is 17.0 Å². The van der Waals surface area contributed by atoms with E-state index in [2.05, 4.69) is 0 Å². The van der Waals surface area contributed by atoms with Crippen molar-refractivity contribution >= 4 is 27.8 Å². The third-order valence-corrected chi connectivity index (χ3v) is 7.82. The summed E-state index contributed by atoms with van der Waals surface area (Å²) in [6, 6.07) is 10.9. The first kappa shape index (κ1) is 19.9. The van der Waals surface area contributed by atoms with Crippen molar-refractivity contribution < 1.29 is 22.7 Å². The van der Waals surface area contributed by atoms with Gasteiger partial charge in [-0.3, -0.25) is 4.79 Å². The van der Waals surface area contributed by atoms with Gasteiger partial charge in [-0.25, -0.2) is 12.8 Å². The average molecular weight is 410 g/mol. The quantitative estimate of drug-likeness (QED) is 0.837. The van der Waals surface area contributed by atoms with Crippen molar-refractivity contribution in [3.63, 3.8) is 0 Å². The SMILES string of the molecule is CC1(C)SCCN(S(=O)(=O)c2ccc(-c3cccc(F)c3)cc2)C1C(=O)O. The smallest absolute Gasteiger partial charge is 0.323 e. The van der Waals surface area contributed by atoms with Crippen LogP contribution in [0.1, 0.15) is 13.8 Å². The molecule has 0 aromatic heterocycles. The minimum Gasteiger partial charge on any atom is -0.480 e. The van der Waals surface area contributed by atoms with Gasteiger partial charge in [0.25, 0.3) is 0 Å². The van der Waals surface area contributed by atoms with E-state index >= 15 is 0 Å². The van der Waals surface area contributed by atoms with Gasteiger partial charge in [-0.05, 0) is 49.2 Å². The van der Waals surface area contributed by atoms with E-state index in [9.17, 15) is 22.7 Å². The Labute approximate surface area is 162 Å². The molecule has 1 N–H and O–H groups in total.